The van der Waals surface area contributed by atoms with Gasteiger partial charge in [0, 0.05) is 6.42 Å². The van der Waals surface area contributed by atoms with Crippen LogP contribution in [0.25, 0.3) is 0 Å². The standard InChI is InChI=1S/C9H9F3/c1-9(11,12)6-7-3-2-4-8(10)5-7/h2-5H,6H2,1H3. The average molecular weight is 174 g/mol. The van der Waals surface area contributed by atoms with Crippen molar-refractivity contribution in [2.75, 3.05) is 0 Å². The maximum absolute atomic E-state index is 12.5. The lowest BCUT2D eigenvalue weighted by molar-refractivity contribution is 0.0226. The van der Waals surface area contributed by atoms with Gasteiger partial charge in [0.15, 0.2) is 0 Å². The highest BCUT2D eigenvalue weighted by Gasteiger charge is 2.21. The second-order valence-electron chi connectivity index (χ2n) is 2.88. The van der Waals surface area contributed by atoms with Gasteiger partial charge in [-0.25, -0.2) is 13.2 Å². The smallest absolute Gasteiger partial charge is 0.207 e. The first-order valence-electron chi connectivity index (χ1n) is 3.60. The van der Waals surface area contributed by atoms with E-state index < -0.39 is 18.2 Å². The number of hydrogen-bond donors (Lipinski definition) is 0. The quantitative estimate of drug-likeness (QED) is 0.646. The zero-order chi connectivity index (χ0) is 9.19. The van der Waals surface area contributed by atoms with Crippen LogP contribution in [0.4, 0.5) is 13.2 Å². The molecule has 0 amide bonds. The molecule has 0 aliphatic heterocycles. The highest BCUT2D eigenvalue weighted by atomic mass is 19.3. The molecule has 0 atom stereocenters. The Balaban J connectivity index is 2.77. The Kier molecular flexibility index (Phi) is 2.40. The molecule has 0 aliphatic rings. The van der Waals surface area contributed by atoms with Crippen LogP contribution in [0.3, 0.4) is 0 Å². The third kappa shape index (κ3) is 2.95. The Bertz CT molecular complexity index is 263. The highest BCUT2D eigenvalue weighted by Crippen LogP contribution is 2.18. The molecule has 0 nitrogen and oxygen atoms in total. The SMILES string of the molecule is CC(F)(F)Cc1cccc(F)c1. The van der Waals surface area contributed by atoms with E-state index in [-0.39, 0.29) is 0 Å². The molecule has 12 heavy (non-hydrogen) atoms. The van der Waals surface area contributed by atoms with Crippen LogP contribution in [0, 0.1) is 5.82 Å². The lowest BCUT2D eigenvalue weighted by atomic mass is 10.1. The Hall–Kier alpha value is -0.990. The summed E-state index contributed by atoms with van der Waals surface area (Å²) in [6, 6.07) is 5.27. The zero-order valence-electron chi connectivity index (χ0n) is 6.65. The lowest BCUT2D eigenvalue weighted by Crippen LogP contribution is -2.13. The van der Waals surface area contributed by atoms with Crippen molar-refractivity contribution in [1.82, 2.24) is 0 Å². The summed E-state index contributed by atoms with van der Waals surface area (Å²) in [5.74, 6) is -3.25. The Morgan fingerprint density at radius 2 is 2.00 bits per heavy atom. The van der Waals surface area contributed by atoms with Crippen LogP contribution in [0.15, 0.2) is 24.3 Å². The van der Waals surface area contributed by atoms with Gasteiger partial charge in [0.25, 0.3) is 0 Å². The fraction of sp³-hybridized carbons (Fsp3) is 0.333. The molecule has 1 aromatic rings. The van der Waals surface area contributed by atoms with Crippen LogP contribution in [0.2, 0.25) is 0 Å². The molecule has 66 valence electrons. The van der Waals surface area contributed by atoms with E-state index in [4.69, 9.17) is 0 Å². The molecule has 1 aromatic carbocycles. The van der Waals surface area contributed by atoms with Gasteiger partial charge in [-0.1, -0.05) is 12.1 Å². The third-order valence-electron chi connectivity index (χ3n) is 1.40. The van der Waals surface area contributed by atoms with Gasteiger partial charge < -0.3 is 0 Å². The van der Waals surface area contributed by atoms with Gasteiger partial charge in [0.2, 0.25) is 5.92 Å². The van der Waals surface area contributed by atoms with Crippen LogP contribution in [0.1, 0.15) is 12.5 Å². The van der Waals surface area contributed by atoms with E-state index in [0.717, 1.165) is 13.0 Å². The highest BCUT2D eigenvalue weighted by molar-refractivity contribution is 5.17. The molecule has 0 spiro atoms. The van der Waals surface area contributed by atoms with E-state index in [0.29, 0.717) is 5.56 Å². The van der Waals surface area contributed by atoms with Crippen molar-refractivity contribution in [3.63, 3.8) is 0 Å². The lowest BCUT2D eigenvalue weighted by Gasteiger charge is -2.09. The van der Waals surface area contributed by atoms with Crippen LogP contribution < -0.4 is 0 Å². The zero-order valence-corrected chi connectivity index (χ0v) is 6.65. The van der Waals surface area contributed by atoms with Gasteiger partial charge in [0.05, 0.1) is 0 Å². The van der Waals surface area contributed by atoms with Gasteiger partial charge in [-0.3, -0.25) is 0 Å². The number of alkyl halides is 2. The minimum absolute atomic E-state index is 0.322. The van der Waals surface area contributed by atoms with Gasteiger partial charge in [-0.05, 0) is 24.6 Å². The Morgan fingerprint density at radius 1 is 1.33 bits per heavy atom. The Labute approximate surface area is 69.0 Å². The van der Waals surface area contributed by atoms with Crippen molar-refractivity contribution in [3.8, 4) is 0 Å². The van der Waals surface area contributed by atoms with Crippen LogP contribution in [-0.4, -0.2) is 5.92 Å². The van der Waals surface area contributed by atoms with Gasteiger partial charge in [-0.2, -0.15) is 0 Å². The monoisotopic (exact) mass is 174 g/mol. The first-order chi connectivity index (χ1) is 5.47. The van der Waals surface area contributed by atoms with E-state index >= 15 is 0 Å². The molecular weight excluding hydrogens is 165 g/mol. The molecule has 0 unspecified atom stereocenters. The van der Waals surface area contributed by atoms with Crippen LogP contribution in [0.5, 0.6) is 0 Å². The third-order valence-corrected chi connectivity index (χ3v) is 1.40. The maximum Gasteiger partial charge on any atom is 0.249 e. The largest absolute Gasteiger partial charge is 0.249 e. The predicted octanol–water partition coefficient (Wildman–Crippen LogP) is 3.02. The van der Waals surface area contributed by atoms with Crippen LogP contribution >= 0.6 is 0 Å². The van der Waals surface area contributed by atoms with Gasteiger partial charge in [0.1, 0.15) is 5.82 Å². The topological polar surface area (TPSA) is 0 Å². The minimum Gasteiger partial charge on any atom is -0.207 e. The molecule has 1 rings (SSSR count). The fourth-order valence-corrected chi connectivity index (χ4v) is 1.01. The minimum atomic E-state index is -2.77. The van der Waals surface area contributed by atoms with Crippen LogP contribution in [-0.2, 0) is 6.42 Å². The number of hydrogen-bond acceptors (Lipinski definition) is 0. The normalized spacial score (nSPS) is 11.7. The van der Waals surface area contributed by atoms with Crippen molar-refractivity contribution in [2.24, 2.45) is 0 Å². The first kappa shape index (κ1) is 9.10. The fourth-order valence-electron chi connectivity index (χ4n) is 1.01. The Morgan fingerprint density at radius 3 is 2.50 bits per heavy atom. The van der Waals surface area contributed by atoms with E-state index in [2.05, 4.69) is 0 Å². The molecular formula is C9H9F3. The molecule has 0 fully saturated rings. The number of rotatable bonds is 2. The van der Waals surface area contributed by atoms with Crippen molar-refractivity contribution in [3.05, 3.63) is 35.6 Å². The number of halogens is 3. The molecule has 0 N–H and O–H groups in total. The first-order valence-corrected chi connectivity index (χ1v) is 3.60. The molecule has 0 aliphatic carbocycles. The molecule has 0 saturated carbocycles. The molecule has 3 heteroatoms. The summed E-state index contributed by atoms with van der Waals surface area (Å²) in [4.78, 5) is 0. The summed E-state index contributed by atoms with van der Waals surface area (Å²) in [6.07, 6.45) is -0.412. The van der Waals surface area contributed by atoms with E-state index in [1.54, 1.807) is 0 Å². The summed E-state index contributed by atoms with van der Waals surface area (Å²) in [7, 11) is 0. The second kappa shape index (κ2) is 3.17. The van der Waals surface area contributed by atoms with E-state index in [1.807, 2.05) is 0 Å². The van der Waals surface area contributed by atoms with Crippen molar-refractivity contribution in [2.45, 2.75) is 19.3 Å². The summed E-state index contributed by atoms with van der Waals surface area (Å²) in [5, 5.41) is 0. The van der Waals surface area contributed by atoms with Crippen molar-refractivity contribution < 1.29 is 13.2 Å². The summed E-state index contributed by atoms with van der Waals surface area (Å²) < 4.78 is 37.3. The summed E-state index contributed by atoms with van der Waals surface area (Å²) in [5.41, 5.74) is 0.322. The molecule has 0 bridgehead atoms. The predicted molar refractivity (Wildman–Crippen MR) is 40.7 cm³/mol. The van der Waals surface area contributed by atoms with Gasteiger partial charge >= 0.3 is 0 Å². The number of benzene rings is 1. The molecule has 0 radical (unpaired) electrons. The van der Waals surface area contributed by atoms with Crippen molar-refractivity contribution in [1.29, 1.82) is 0 Å². The maximum atomic E-state index is 12.5. The molecule has 0 heterocycles. The average Bonchev–Trinajstić information content (AvgIpc) is 1.82. The van der Waals surface area contributed by atoms with Gasteiger partial charge in [-0.15, -0.1) is 0 Å². The molecule has 0 saturated heterocycles. The van der Waals surface area contributed by atoms with E-state index in [9.17, 15) is 13.2 Å². The molecule has 0 aromatic heterocycles. The summed E-state index contributed by atoms with van der Waals surface area (Å²) in [6.45, 7) is 0.817. The van der Waals surface area contributed by atoms with Crippen molar-refractivity contribution >= 4 is 0 Å². The summed E-state index contributed by atoms with van der Waals surface area (Å²) >= 11 is 0. The van der Waals surface area contributed by atoms with E-state index in [1.165, 1.54) is 18.2 Å². The second-order valence-corrected chi connectivity index (χ2v) is 2.88.